The smallest absolute Gasteiger partial charge is 0.122 e. The van der Waals surface area contributed by atoms with Crippen LogP contribution < -0.4 is 0 Å². The number of rotatable bonds is 2. The Morgan fingerprint density at radius 1 is 1.37 bits per heavy atom. The van der Waals surface area contributed by atoms with Gasteiger partial charge in [0.15, 0.2) is 0 Å². The number of imidazole rings is 1. The number of phenolic OH excluding ortho intramolecular Hbond substituents is 1. The first-order chi connectivity index (χ1) is 9.15. The van der Waals surface area contributed by atoms with E-state index >= 15 is 0 Å². The van der Waals surface area contributed by atoms with Crippen molar-refractivity contribution in [3.63, 3.8) is 0 Å². The third-order valence-electron chi connectivity index (χ3n) is 3.76. The fourth-order valence-electron chi connectivity index (χ4n) is 2.58. The number of hydrogen-bond acceptors (Lipinski definition) is 3. The summed E-state index contributed by atoms with van der Waals surface area (Å²) in [5.74, 6) is 1.37. The molecular weight excluding hydrogens is 262 g/mol. The van der Waals surface area contributed by atoms with Gasteiger partial charge in [-0.2, -0.15) is 0 Å². The number of aromatic nitrogens is 2. The molecule has 1 aromatic carbocycles. The Kier molecular flexibility index (Phi) is 3.21. The van der Waals surface area contributed by atoms with Crippen LogP contribution in [0.1, 0.15) is 24.4 Å². The molecule has 1 N–H and O–H groups in total. The molecule has 0 saturated heterocycles. The Morgan fingerprint density at radius 3 is 3.05 bits per heavy atom. The van der Waals surface area contributed by atoms with Gasteiger partial charge in [0.25, 0.3) is 0 Å². The van der Waals surface area contributed by atoms with Crippen LogP contribution in [0.4, 0.5) is 0 Å². The summed E-state index contributed by atoms with van der Waals surface area (Å²) in [4.78, 5) is 6.66. The highest BCUT2D eigenvalue weighted by atomic mass is 35.5. The van der Waals surface area contributed by atoms with Crippen molar-refractivity contribution in [3.8, 4) is 5.75 Å². The van der Waals surface area contributed by atoms with E-state index in [1.165, 1.54) is 0 Å². The van der Waals surface area contributed by atoms with E-state index < -0.39 is 0 Å². The van der Waals surface area contributed by atoms with Crippen molar-refractivity contribution in [2.45, 2.75) is 26.1 Å². The first kappa shape index (κ1) is 12.5. The van der Waals surface area contributed by atoms with Crippen LogP contribution in [0, 0.1) is 0 Å². The minimum absolute atomic E-state index is 0.115. The Bertz CT molecular complexity index is 596. The summed E-state index contributed by atoms with van der Waals surface area (Å²) in [5.41, 5.74) is 0.868. The maximum atomic E-state index is 9.99. The van der Waals surface area contributed by atoms with Gasteiger partial charge < -0.3 is 9.67 Å². The van der Waals surface area contributed by atoms with Crippen molar-refractivity contribution in [2.24, 2.45) is 0 Å². The van der Waals surface area contributed by atoms with Crippen LogP contribution in [-0.4, -0.2) is 26.1 Å². The second kappa shape index (κ2) is 4.87. The minimum Gasteiger partial charge on any atom is -0.508 e. The Morgan fingerprint density at radius 2 is 2.21 bits per heavy atom. The molecule has 1 aromatic heterocycles. The molecule has 100 valence electrons. The topological polar surface area (TPSA) is 41.3 Å². The SMILES string of the molecule is CC(c1cc(Cl)ccc1O)N1CCn2ccnc2C1. The molecule has 4 nitrogen and oxygen atoms in total. The van der Waals surface area contributed by atoms with Crippen LogP contribution in [0.25, 0.3) is 0 Å². The maximum Gasteiger partial charge on any atom is 0.122 e. The number of nitrogens with zero attached hydrogens (tertiary/aromatic N) is 3. The van der Waals surface area contributed by atoms with Gasteiger partial charge in [0.05, 0.1) is 6.54 Å². The predicted octanol–water partition coefficient (Wildman–Crippen LogP) is 2.82. The van der Waals surface area contributed by atoms with Gasteiger partial charge >= 0.3 is 0 Å². The van der Waals surface area contributed by atoms with Crippen molar-refractivity contribution in [2.75, 3.05) is 6.54 Å². The molecule has 5 heteroatoms. The zero-order valence-corrected chi connectivity index (χ0v) is 11.5. The second-order valence-corrected chi connectivity index (χ2v) is 5.32. The fraction of sp³-hybridized carbons (Fsp3) is 0.357. The van der Waals surface area contributed by atoms with Gasteiger partial charge in [0.1, 0.15) is 11.6 Å². The highest BCUT2D eigenvalue weighted by Gasteiger charge is 2.23. The summed E-state index contributed by atoms with van der Waals surface area (Å²) in [5, 5.41) is 10.6. The van der Waals surface area contributed by atoms with Crippen molar-refractivity contribution < 1.29 is 5.11 Å². The quantitative estimate of drug-likeness (QED) is 0.918. The number of hydrogen-bond donors (Lipinski definition) is 1. The van der Waals surface area contributed by atoms with Crippen LogP contribution in [0.2, 0.25) is 5.02 Å². The number of fused-ring (bicyclic) bond motifs is 1. The number of halogens is 1. The molecule has 1 atom stereocenters. The molecule has 1 aliphatic rings. The van der Waals surface area contributed by atoms with E-state index in [-0.39, 0.29) is 6.04 Å². The van der Waals surface area contributed by atoms with Crippen LogP contribution in [0.5, 0.6) is 5.75 Å². The molecule has 2 heterocycles. The number of aromatic hydroxyl groups is 1. The maximum absolute atomic E-state index is 9.99. The van der Waals surface area contributed by atoms with Crippen molar-refractivity contribution in [1.82, 2.24) is 14.5 Å². The average molecular weight is 278 g/mol. The third kappa shape index (κ3) is 2.33. The lowest BCUT2D eigenvalue weighted by Crippen LogP contribution is -2.35. The first-order valence-electron chi connectivity index (χ1n) is 6.37. The molecular formula is C14H16ClN3O. The van der Waals surface area contributed by atoms with E-state index in [1.54, 1.807) is 12.1 Å². The van der Waals surface area contributed by atoms with Gasteiger partial charge in [-0.05, 0) is 25.1 Å². The highest BCUT2D eigenvalue weighted by Crippen LogP contribution is 2.32. The minimum atomic E-state index is 0.115. The van der Waals surface area contributed by atoms with Crippen molar-refractivity contribution >= 4 is 11.6 Å². The molecule has 0 aliphatic carbocycles. The zero-order valence-electron chi connectivity index (χ0n) is 10.8. The first-order valence-corrected chi connectivity index (χ1v) is 6.75. The molecule has 0 saturated carbocycles. The average Bonchev–Trinajstić information content (AvgIpc) is 2.88. The van der Waals surface area contributed by atoms with Crippen molar-refractivity contribution in [1.29, 1.82) is 0 Å². The molecule has 3 rings (SSSR count). The van der Waals surface area contributed by atoms with E-state index in [0.29, 0.717) is 10.8 Å². The molecule has 2 aromatic rings. The van der Waals surface area contributed by atoms with E-state index in [4.69, 9.17) is 11.6 Å². The highest BCUT2D eigenvalue weighted by molar-refractivity contribution is 6.30. The molecule has 0 radical (unpaired) electrons. The van der Waals surface area contributed by atoms with E-state index in [0.717, 1.165) is 31.0 Å². The zero-order chi connectivity index (χ0) is 13.4. The van der Waals surface area contributed by atoms with Crippen LogP contribution in [0.3, 0.4) is 0 Å². The summed E-state index contributed by atoms with van der Waals surface area (Å²) in [6.07, 6.45) is 3.84. The van der Waals surface area contributed by atoms with Crippen molar-refractivity contribution in [3.05, 3.63) is 47.0 Å². The molecule has 0 spiro atoms. The summed E-state index contributed by atoms with van der Waals surface area (Å²) in [6.45, 7) is 4.75. The Balaban J connectivity index is 1.85. The molecule has 0 bridgehead atoms. The predicted molar refractivity (Wildman–Crippen MR) is 74.2 cm³/mol. The van der Waals surface area contributed by atoms with Crippen LogP contribution >= 0.6 is 11.6 Å². The lowest BCUT2D eigenvalue weighted by molar-refractivity contribution is 0.161. The largest absolute Gasteiger partial charge is 0.508 e. The third-order valence-corrected chi connectivity index (χ3v) is 4.00. The van der Waals surface area contributed by atoms with Gasteiger partial charge in [0, 0.05) is 42.1 Å². The van der Waals surface area contributed by atoms with Gasteiger partial charge in [-0.15, -0.1) is 0 Å². The molecule has 19 heavy (non-hydrogen) atoms. The monoisotopic (exact) mass is 277 g/mol. The van der Waals surface area contributed by atoms with Gasteiger partial charge in [-0.1, -0.05) is 11.6 Å². The standard InChI is InChI=1S/C14H16ClN3O/c1-10(12-8-11(15)2-3-13(12)19)18-7-6-17-5-4-16-14(17)9-18/h2-5,8,10,19H,6-7,9H2,1H3. The summed E-state index contributed by atoms with van der Waals surface area (Å²) in [7, 11) is 0. The summed E-state index contributed by atoms with van der Waals surface area (Å²) in [6, 6.07) is 5.31. The summed E-state index contributed by atoms with van der Waals surface area (Å²) >= 11 is 6.02. The second-order valence-electron chi connectivity index (χ2n) is 4.89. The Labute approximate surface area is 117 Å². The number of phenols is 1. The lowest BCUT2D eigenvalue weighted by atomic mass is 10.1. The summed E-state index contributed by atoms with van der Waals surface area (Å²) < 4.78 is 2.17. The normalized spacial score (nSPS) is 17.2. The van der Waals surface area contributed by atoms with Crippen LogP contribution in [-0.2, 0) is 13.1 Å². The van der Waals surface area contributed by atoms with Crippen LogP contribution in [0.15, 0.2) is 30.6 Å². The van der Waals surface area contributed by atoms with E-state index in [1.807, 2.05) is 18.5 Å². The molecule has 1 aliphatic heterocycles. The lowest BCUT2D eigenvalue weighted by Gasteiger charge is -2.33. The Hall–Kier alpha value is -1.52. The van der Waals surface area contributed by atoms with Gasteiger partial charge in [-0.25, -0.2) is 4.98 Å². The molecule has 1 unspecified atom stereocenters. The van der Waals surface area contributed by atoms with E-state index in [2.05, 4.69) is 21.4 Å². The van der Waals surface area contributed by atoms with Gasteiger partial charge in [-0.3, -0.25) is 4.90 Å². The van der Waals surface area contributed by atoms with E-state index in [9.17, 15) is 5.11 Å². The molecule has 0 fully saturated rings. The molecule has 0 amide bonds. The fourth-order valence-corrected chi connectivity index (χ4v) is 2.76. The number of benzene rings is 1. The van der Waals surface area contributed by atoms with Gasteiger partial charge in [0.2, 0.25) is 0 Å².